The molecule has 0 amide bonds. The summed E-state index contributed by atoms with van der Waals surface area (Å²) >= 11 is 0. The van der Waals surface area contributed by atoms with Crippen LogP contribution in [-0.4, -0.2) is 19.3 Å². The van der Waals surface area contributed by atoms with Crippen molar-refractivity contribution in [1.82, 2.24) is 19.3 Å². The van der Waals surface area contributed by atoms with Crippen LogP contribution in [0.1, 0.15) is 32.0 Å². The van der Waals surface area contributed by atoms with Crippen LogP contribution in [0.2, 0.25) is 0 Å². The minimum absolute atomic E-state index is 0. The smallest absolute Gasteiger partial charge is 0.509 e. The van der Waals surface area contributed by atoms with E-state index in [9.17, 15) is 0 Å². The molecule has 6 rings (SSSR count). The van der Waals surface area contributed by atoms with Gasteiger partial charge in [-0.1, -0.05) is 44.5 Å². The number of ether oxygens (including phenoxy) is 1. The average Bonchev–Trinajstić information content (AvgIpc) is 3.45. The summed E-state index contributed by atoms with van der Waals surface area (Å²) < 4.78 is 10.2. The molecule has 5 nitrogen and oxygen atoms in total. The number of para-hydroxylation sites is 1. The zero-order valence-electron chi connectivity index (χ0n) is 21.1. The van der Waals surface area contributed by atoms with Gasteiger partial charge in [-0.3, -0.25) is 4.68 Å². The minimum atomic E-state index is 0. The molecule has 0 aliphatic rings. The molecule has 0 saturated heterocycles. The third-order valence-corrected chi connectivity index (χ3v) is 6.34. The van der Waals surface area contributed by atoms with E-state index >= 15 is 0 Å². The van der Waals surface area contributed by atoms with Crippen LogP contribution >= 0.6 is 0 Å². The second-order valence-corrected chi connectivity index (χ2v) is 9.99. The van der Waals surface area contributed by atoms with E-state index in [-0.39, 0.29) is 26.5 Å². The Hall–Kier alpha value is -3.69. The Bertz CT molecular complexity index is 1730. The number of hydrogen-bond donors (Lipinski definition) is 0. The molecule has 0 fully saturated rings. The van der Waals surface area contributed by atoms with Crippen LogP contribution in [0.4, 0.5) is 0 Å². The van der Waals surface area contributed by atoms with Crippen LogP contribution in [0, 0.1) is 19.1 Å². The zero-order valence-corrected chi connectivity index (χ0v) is 23.4. The van der Waals surface area contributed by atoms with Crippen molar-refractivity contribution in [1.29, 1.82) is 0 Å². The molecule has 0 bridgehead atoms. The topological polar surface area (TPSA) is 44.9 Å². The van der Waals surface area contributed by atoms with E-state index in [1.165, 1.54) is 5.56 Å². The van der Waals surface area contributed by atoms with Crippen molar-refractivity contribution in [2.24, 2.45) is 0 Å². The molecule has 3 aromatic carbocycles. The van der Waals surface area contributed by atoms with E-state index < -0.39 is 0 Å². The second-order valence-electron chi connectivity index (χ2n) is 9.99. The molecule has 0 aliphatic carbocycles. The molecular weight excluding hydrogens is 639 g/mol. The molecule has 6 heteroatoms. The largest absolute Gasteiger partial charge is 2.00 e. The van der Waals surface area contributed by atoms with Crippen LogP contribution in [0.15, 0.2) is 85.2 Å². The van der Waals surface area contributed by atoms with E-state index in [1.807, 2.05) is 49.6 Å². The Morgan fingerprint density at radius 3 is 2.43 bits per heavy atom. The first-order valence-corrected chi connectivity index (χ1v) is 12.0. The summed E-state index contributed by atoms with van der Waals surface area (Å²) in [5.74, 6) is 2.08. The van der Waals surface area contributed by atoms with Crippen molar-refractivity contribution >= 4 is 21.8 Å². The molecule has 0 aliphatic heterocycles. The summed E-state index contributed by atoms with van der Waals surface area (Å²) in [4.78, 5) is 4.74. The average molecular weight is 666 g/mol. The number of benzene rings is 3. The van der Waals surface area contributed by atoms with E-state index in [2.05, 4.69) is 85.0 Å². The first kappa shape index (κ1) is 25.0. The third-order valence-electron chi connectivity index (χ3n) is 6.34. The number of hydrogen-bond acceptors (Lipinski definition) is 3. The molecule has 6 aromatic rings. The SMILES string of the molecule is Cc1ccn(-c2[c-]c(Oc3[c-]c4c(cc3)c3ccccc3n4-c3cc(C(C)(C)C)ccn3)ccc2)n1.[Pt+2]. The molecule has 3 aromatic heterocycles. The number of pyridine rings is 1. The van der Waals surface area contributed by atoms with Crippen LogP contribution in [0.5, 0.6) is 11.5 Å². The molecule has 186 valence electrons. The maximum atomic E-state index is 6.23. The molecular formula is C31H26N4OPt. The third kappa shape index (κ3) is 4.72. The summed E-state index contributed by atoms with van der Waals surface area (Å²) in [7, 11) is 0. The fraction of sp³-hybridized carbons (Fsp3) is 0.161. The van der Waals surface area contributed by atoms with Gasteiger partial charge in [0, 0.05) is 29.4 Å². The van der Waals surface area contributed by atoms with Gasteiger partial charge in [0.05, 0.1) is 5.69 Å². The summed E-state index contributed by atoms with van der Waals surface area (Å²) in [5.41, 5.74) is 5.02. The molecule has 0 N–H and O–H groups in total. The van der Waals surface area contributed by atoms with E-state index in [4.69, 9.17) is 9.72 Å². The van der Waals surface area contributed by atoms with Crippen molar-refractivity contribution in [3.8, 4) is 23.0 Å². The normalized spacial score (nSPS) is 11.6. The van der Waals surface area contributed by atoms with Crippen molar-refractivity contribution in [3.05, 3.63) is 109 Å². The maximum absolute atomic E-state index is 6.23. The Morgan fingerprint density at radius 1 is 0.838 bits per heavy atom. The molecule has 37 heavy (non-hydrogen) atoms. The van der Waals surface area contributed by atoms with Gasteiger partial charge >= 0.3 is 21.1 Å². The van der Waals surface area contributed by atoms with Crippen LogP contribution in [-0.2, 0) is 26.5 Å². The second kappa shape index (κ2) is 9.64. The van der Waals surface area contributed by atoms with Gasteiger partial charge in [-0.15, -0.1) is 35.7 Å². The van der Waals surface area contributed by atoms with Crippen molar-refractivity contribution in [2.75, 3.05) is 0 Å². The molecule has 0 spiro atoms. The van der Waals surface area contributed by atoms with Crippen LogP contribution in [0.25, 0.3) is 33.3 Å². The van der Waals surface area contributed by atoms with Crippen molar-refractivity contribution in [3.63, 3.8) is 0 Å². The molecule has 0 radical (unpaired) electrons. The number of fused-ring (bicyclic) bond motifs is 3. The summed E-state index contributed by atoms with van der Waals surface area (Å²) in [6, 6.07) is 31.2. The predicted molar refractivity (Wildman–Crippen MR) is 143 cm³/mol. The molecule has 0 atom stereocenters. The summed E-state index contributed by atoms with van der Waals surface area (Å²) in [6.45, 7) is 8.61. The minimum Gasteiger partial charge on any atom is -0.509 e. The number of rotatable bonds is 4. The summed E-state index contributed by atoms with van der Waals surface area (Å²) in [5, 5.41) is 6.73. The Morgan fingerprint density at radius 2 is 1.65 bits per heavy atom. The fourth-order valence-electron chi connectivity index (χ4n) is 4.48. The number of nitrogens with zero attached hydrogens (tertiary/aromatic N) is 4. The fourth-order valence-corrected chi connectivity index (χ4v) is 4.48. The number of aryl methyl sites for hydroxylation is 1. The van der Waals surface area contributed by atoms with E-state index in [0.717, 1.165) is 39.0 Å². The molecule has 0 unspecified atom stereocenters. The zero-order chi connectivity index (χ0) is 24.9. The maximum Gasteiger partial charge on any atom is 2.00 e. The van der Waals surface area contributed by atoms with Gasteiger partial charge in [-0.05, 0) is 53.2 Å². The molecule has 3 heterocycles. The van der Waals surface area contributed by atoms with Gasteiger partial charge in [0.15, 0.2) is 0 Å². The van der Waals surface area contributed by atoms with Gasteiger partial charge in [0.1, 0.15) is 5.82 Å². The van der Waals surface area contributed by atoms with Crippen molar-refractivity contribution < 1.29 is 25.8 Å². The quantitative estimate of drug-likeness (QED) is 0.185. The van der Waals surface area contributed by atoms with Gasteiger partial charge in [0.2, 0.25) is 0 Å². The monoisotopic (exact) mass is 665 g/mol. The van der Waals surface area contributed by atoms with Crippen LogP contribution < -0.4 is 4.74 Å². The predicted octanol–water partition coefficient (Wildman–Crippen LogP) is 7.36. The summed E-state index contributed by atoms with van der Waals surface area (Å²) in [6.07, 6.45) is 3.80. The van der Waals surface area contributed by atoms with E-state index in [0.29, 0.717) is 11.5 Å². The standard InChI is InChI=1S/C31H26N4O.Pt/c1-21-15-17-34(33-21)23-8-7-9-24(19-23)36-25-12-13-27-26-10-5-6-11-28(26)35(29(27)20-25)30-18-22(14-16-32-30)31(2,3)4;/h5-18H,1-4H3;/q-2;+2. The van der Waals surface area contributed by atoms with Crippen LogP contribution in [0.3, 0.4) is 0 Å². The van der Waals surface area contributed by atoms with Gasteiger partial charge in [-0.25, -0.2) is 4.98 Å². The number of aromatic nitrogens is 4. The van der Waals surface area contributed by atoms with Crippen molar-refractivity contribution in [2.45, 2.75) is 33.1 Å². The van der Waals surface area contributed by atoms with Gasteiger partial charge in [0.25, 0.3) is 0 Å². The Balaban J connectivity index is 0.00000280. The van der Waals surface area contributed by atoms with E-state index in [1.54, 1.807) is 4.68 Å². The van der Waals surface area contributed by atoms with Gasteiger partial charge in [-0.2, -0.15) is 17.2 Å². The first-order valence-electron chi connectivity index (χ1n) is 12.0. The Labute approximate surface area is 231 Å². The first-order chi connectivity index (χ1) is 17.4. The van der Waals surface area contributed by atoms with Gasteiger partial charge < -0.3 is 9.30 Å². The Kier molecular flexibility index (Phi) is 6.51. The molecule has 0 saturated carbocycles.